The van der Waals surface area contributed by atoms with Crippen LogP contribution in [0.2, 0.25) is 0 Å². The SMILES string of the molecule is CC(C)[C@H](OC(=O)c1ccc([N+](=O)[O-])cc1)C(=O)NC(N)=O. The number of primary amides is 1. The molecule has 0 aliphatic carbocycles. The van der Waals surface area contributed by atoms with Gasteiger partial charge in [-0.2, -0.15) is 0 Å². The second kappa shape index (κ2) is 7.16. The van der Waals surface area contributed by atoms with E-state index in [2.05, 4.69) is 0 Å². The summed E-state index contributed by atoms with van der Waals surface area (Å²) >= 11 is 0. The summed E-state index contributed by atoms with van der Waals surface area (Å²) in [5.74, 6) is -2.08. The molecule has 0 aromatic heterocycles. The van der Waals surface area contributed by atoms with Crippen molar-refractivity contribution >= 4 is 23.6 Å². The Balaban J connectivity index is 2.85. The van der Waals surface area contributed by atoms with Crippen molar-refractivity contribution in [2.24, 2.45) is 11.7 Å². The van der Waals surface area contributed by atoms with E-state index in [0.29, 0.717) is 0 Å². The molecule has 0 aliphatic heterocycles. The Kier molecular flexibility index (Phi) is 5.56. The number of imide groups is 1. The van der Waals surface area contributed by atoms with Crippen molar-refractivity contribution < 1.29 is 24.0 Å². The second-order valence-corrected chi connectivity index (χ2v) is 4.73. The van der Waals surface area contributed by atoms with Crippen molar-refractivity contribution in [1.82, 2.24) is 5.32 Å². The van der Waals surface area contributed by atoms with Crippen LogP contribution in [0.1, 0.15) is 24.2 Å². The van der Waals surface area contributed by atoms with Crippen LogP contribution in [0.3, 0.4) is 0 Å². The summed E-state index contributed by atoms with van der Waals surface area (Å²) in [4.78, 5) is 44.3. The van der Waals surface area contributed by atoms with Gasteiger partial charge in [-0.25, -0.2) is 9.59 Å². The summed E-state index contributed by atoms with van der Waals surface area (Å²) in [6.45, 7) is 3.24. The molecule has 22 heavy (non-hydrogen) atoms. The van der Waals surface area contributed by atoms with Crippen LogP contribution >= 0.6 is 0 Å². The summed E-state index contributed by atoms with van der Waals surface area (Å²) in [5.41, 5.74) is 4.71. The number of hydrogen-bond donors (Lipinski definition) is 2. The number of nitrogens with two attached hydrogens (primary N) is 1. The average molecular weight is 309 g/mol. The average Bonchev–Trinajstić information content (AvgIpc) is 2.43. The maximum absolute atomic E-state index is 11.9. The van der Waals surface area contributed by atoms with E-state index in [1.165, 1.54) is 12.1 Å². The highest BCUT2D eigenvalue weighted by atomic mass is 16.6. The third-order valence-electron chi connectivity index (χ3n) is 2.66. The van der Waals surface area contributed by atoms with Crippen molar-refractivity contribution in [3.05, 3.63) is 39.9 Å². The normalized spacial score (nSPS) is 11.6. The predicted octanol–water partition coefficient (Wildman–Crippen LogP) is 0.971. The Morgan fingerprint density at radius 1 is 1.23 bits per heavy atom. The largest absolute Gasteiger partial charge is 0.448 e. The second-order valence-electron chi connectivity index (χ2n) is 4.73. The Morgan fingerprint density at radius 2 is 1.77 bits per heavy atom. The fourth-order valence-corrected chi connectivity index (χ4v) is 1.59. The quantitative estimate of drug-likeness (QED) is 0.471. The highest BCUT2D eigenvalue weighted by Gasteiger charge is 2.28. The van der Waals surface area contributed by atoms with Gasteiger partial charge in [-0.15, -0.1) is 0 Å². The predicted molar refractivity (Wildman–Crippen MR) is 74.9 cm³/mol. The van der Waals surface area contributed by atoms with Crippen LogP contribution in [-0.4, -0.2) is 28.9 Å². The molecule has 0 saturated carbocycles. The molecule has 0 heterocycles. The van der Waals surface area contributed by atoms with Gasteiger partial charge in [0.2, 0.25) is 0 Å². The van der Waals surface area contributed by atoms with Crippen LogP contribution in [0.5, 0.6) is 0 Å². The van der Waals surface area contributed by atoms with Gasteiger partial charge in [0, 0.05) is 12.1 Å². The number of nitro benzene ring substituents is 1. The number of benzene rings is 1. The molecule has 0 fully saturated rings. The molecule has 9 nitrogen and oxygen atoms in total. The molecule has 1 rings (SSSR count). The number of urea groups is 1. The molecule has 0 radical (unpaired) electrons. The first-order valence-electron chi connectivity index (χ1n) is 6.28. The summed E-state index contributed by atoms with van der Waals surface area (Å²) in [7, 11) is 0. The van der Waals surface area contributed by atoms with E-state index in [1.54, 1.807) is 13.8 Å². The minimum atomic E-state index is -1.21. The van der Waals surface area contributed by atoms with Crippen LogP contribution in [0, 0.1) is 16.0 Å². The summed E-state index contributed by atoms with van der Waals surface area (Å²) in [6, 6.07) is 3.66. The fourth-order valence-electron chi connectivity index (χ4n) is 1.59. The number of carbonyl (C=O) groups excluding carboxylic acids is 3. The number of nitrogens with zero attached hydrogens (tertiary/aromatic N) is 1. The Bertz CT molecular complexity index is 596. The van der Waals surface area contributed by atoms with Crippen LogP contribution in [-0.2, 0) is 9.53 Å². The maximum atomic E-state index is 11.9. The topological polar surface area (TPSA) is 142 Å². The van der Waals surface area contributed by atoms with Crippen molar-refractivity contribution in [2.75, 3.05) is 0 Å². The van der Waals surface area contributed by atoms with Crippen molar-refractivity contribution in [3.8, 4) is 0 Å². The number of esters is 1. The van der Waals surface area contributed by atoms with Crippen LogP contribution in [0.4, 0.5) is 10.5 Å². The van der Waals surface area contributed by atoms with Gasteiger partial charge >= 0.3 is 12.0 Å². The Morgan fingerprint density at radius 3 is 2.18 bits per heavy atom. The minimum Gasteiger partial charge on any atom is -0.448 e. The zero-order valence-electron chi connectivity index (χ0n) is 11.9. The van der Waals surface area contributed by atoms with E-state index in [0.717, 1.165) is 12.1 Å². The van der Waals surface area contributed by atoms with Gasteiger partial charge < -0.3 is 10.5 Å². The highest BCUT2D eigenvalue weighted by Crippen LogP contribution is 2.15. The summed E-state index contributed by atoms with van der Waals surface area (Å²) in [6.07, 6.45) is -1.21. The van der Waals surface area contributed by atoms with Gasteiger partial charge in [-0.1, -0.05) is 13.8 Å². The van der Waals surface area contributed by atoms with Crippen molar-refractivity contribution in [3.63, 3.8) is 0 Å². The fraction of sp³-hybridized carbons (Fsp3) is 0.308. The Hall–Kier alpha value is -2.97. The van der Waals surface area contributed by atoms with E-state index in [-0.39, 0.29) is 11.3 Å². The number of hydrogen-bond acceptors (Lipinski definition) is 6. The van der Waals surface area contributed by atoms with E-state index < -0.39 is 34.9 Å². The summed E-state index contributed by atoms with van der Waals surface area (Å²) < 4.78 is 5.03. The lowest BCUT2D eigenvalue weighted by Crippen LogP contribution is -2.45. The lowest BCUT2D eigenvalue weighted by atomic mass is 10.1. The Labute approximate surface area is 125 Å². The molecular formula is C13H15N3O6. The van der Waals surface area contributed by atoms with Crippen LogP contribution < -0.4 is 11.1 Å². The molecule has 0 bridgehead atoms. The number of amides is 3. The molecule has 0 unspecified atom stereocenters. The van der Waals surface area contributed by atoms with E-state index >= 15 is 0 Å². The van der Waals surface area contributed by atoms with Crippen LogP contribution in [0.25, 0.3) is 0 Å². The minimum absolute atomic E-state index is 0.0446. The molecular weight excluding hydrogens is 294 g/mol. The number of ether oxygens (including phenoxy) is 1. The van der Waals surface area contributed by atoms with Crippen molar-refractivity contribution in [2.45, 2.75) is 20.0 Å². The first kappa shape index (κ1) is 17.1. The lowest BCUT2D eigenvalue weighted by molar-refractivity contribution is -0.384. The molecule has 9 heteroatoms. The first-order valence-corrected chi connectivity index (χ1v) is 6.28. The van der Waals surface area contributed by atoms with E-state index in [1.807, 2.05) is 5.32 Å². The van der Waals surface area contributed by atoms with Crippen molar-refractivity contribution in [1.29, 1.82) is 0 Å². The third kappa shape index (κ3) is 4.54. The van der Waals surface area contributed by atoms with Gasteiger partial charge in [0.25, 0.3) is 11.6 Å². The molecule has 1 atom stereocenters. The molecule has 3 amide bonds. The van der Waals surface area contributed by atoms with E-state index in [9.17, 15) is 24.5 Å². The number of carbonyl (C=O) groups is 3. The number of nitro groups is 1. The molecule has 0 spiro atoms. The third-order valence-corrected chi connectivity index (χ3v) is 2.66. The first-order chi connectivity index (χ1) is 10.2. The summed E-state index contributed by atoms with van der Waals surface area (Å²) in [5, 5.41) is 12.4. The molecule has 0 aliphatic rings. The highest BCUT2D eigenvalue weighted by molar-refractivity contribution is 5.98. The van der Waals surface area contributed by atoms with Gasteiger partial charge in [0.15, 0.2) is 6.10 Å². The molecule has 3 N–H and O–H groups in total. The standard InChI is InChI=1S/C13H15N3O6/c1-7(2)10(11(17)15-13(14)19)22-12(18)8-3-5-9(6-4-8)16(20)21/h3-7,10H,1-2H3,(H3,14,15,17,19)/t10-/m0/s1. The number of rotatable bonds is 5. The van der Waals surface area contributed by atoms with Gasteiger partial charge in [0.1, 0.15) is 0 Å². The maximum Gasteiger partial charge on any atom is 0.338 e. The molecule has 118 valence electrons. The molecule has 0 saturated heterocycles. The van der Waals surface area contributed by atoms with Gasteiger partial charge in [-0.3, -0.25) is 20.2 Å². The van der Waals surface area contributed by atoms with Gasteiger partial charge in [-0.05, 0) is 18.1 Å². The molecule has 1 aromatic rings. The number of non-ortho nitro benzene ring substituents is 1. The zero-order valence-corrected chi connectivity index (χ0v) is 11.9. The zero-order chi connectivity index (χ0) is 16.9. The molecule has 1 aromatic carbocycles. The smallest absolute Gasteiger partial charge is 0.338 e. The van der Waals surface area contributed by atoms with Crippen LogP contribution in [0.15, 0.2) is 24.3 Å². The van der Waals surface area contributed by atoms with E-state index in [4.69, 9.17) is 10.5 Å². The van der Waals surface area contributed by atoms with Gasteiger partial charge in [0.05, 0.1) is 10.5 Å². The number of nitrogens with one attached hydrogen (secondary N) is 1. The lowest BCUT2D eigenvalue weighted by Gasteiger charge is -2.19. The monoisotopic (exact) mass is 309 g/mol.